The summed E-state index contributed by atoms with van der Waals surface area (Å²) in [5.74, 6) is -0.348. The summed E-state index contributed by atoms with van der Waals surface area (Å²) in [4.78, 5) is 26.7. The molecule has 1 N–H and O–H groups in total. The number of hydrogen-bond donors (Lipinski definition) is 1. The number of aliphatic carboxylic acids is 1. The van der Waals surface area contributed by atoms with Crippen LogP contribution in [0.4, 0.5) is 0 Å². The van der Waals surface area contributed by atoms with Crippen LogP contribution in [0.2, 0.25) is 0 Å². The lowest BCUT2D eigenvalue weighted by atomic mass is 10.1. The van der Waals surface area contributed by atoms with Crippen LogP contribution in [0.15, 0.2) is 12.2 Å². The molecule has 0 bridgehead atoms. The SMILES string of the molecule is O=C(O)CCN1CCN(C(=O)C2CC=CC2)CC1. The van der Waals surface area contributed by atoms with E-state index >= 15 is 0 Å². The first kappa shape index (κ1) is 13.1. The Hall–Kier alpha value is -1.36. The van der Waals surface area contributed by atoms with Crippen LogP contribution in [0.5, 0.6) is 0 Å². The van der Waals surface area contributed by atoms with Crippen molar-refractivity contribution in [3.05, 3.63) is 12.2 Å². The lowest BCUT2D eigenvalue weighted by Crippen LogP contribution is -2.50. The van der Waals surface area contributed by atoms with Gasteiger partial charge in [-0.25, -0.2) is 0 Å². The Morgan fingerprint density at radius 1 is 1.11 bits per heavy atom. The minimum absolute atomic E-state index is 0.149. The van der Waals surface area contributed by atoms with Crippen molar-refractivity contribution in [2.24, 2.45) is 5.92 Å². The van der Waals surface area contributed by atoms with Gasteiger partial charge in [-0.3, -0.25) is 14.5 Å². The van der Waals surface area contributed by atoms with Crippen molar-refractivity contribution in [2.45, 2.75) is 19.3 Å². The molecule has 1 amide bonds. The average Bonchev–Trinajstić information content (AvgIpc) is 2.90. The number of piperazine rings is 1. The molecule has 0 radical (unpaired) electrons. The summed E-state index contributed by atoms with van der Waals surface area (Å²) in [6.45, 7) is 3.63. The lowest BCUT2D eigenvalue weighted by Gasteiger charge is -2.35. The molecule has 1 heterocycles. The van der Waals surface area contributed by atoms with E-state index in [9.17, 15) is 9.59 Å². The highest BCUT2D eigenvalue weighted by molar-refractivity contribution is 5.79. The number of hydrogen-bond acceptors (Lipinski definition) is 3. The van der Waals surface area contributed by atoms with Crippen molar-refractivity contribution < 1.29 is 14.7 Å². The lowest BCUT2D eigenvalue weighted by molar-refractivity contribution is -0.139. The maximum atomic E-state index is 12.1. The average molecular weight is 252 g/mol. The fourth-order valence-corrected chi connectivity index (χ4v) is 2.52. The van der Waals surface area contributed by atoms with Crippen molar-refractivity contribution >= 4 is 11.9 Å². The van der Waals surface area contributed by atoms with Gasteiger partial charge >= 0.3 is 5.97 Å². The van der Waals surface area contributed by atoms with Crippen molar-refractivity contribution in [1.29, 1.82) is 0 Å². The van der Waals surface area contributed by atoms with Crippen LogP contribution in [0, 0.1) is 5.92 Å². The van der Waals surface area contributed by atoms with E-state index < -0.39 is 5.97 Å². The Morgan fingerprint density at radius 2 is 1.72 bits per heavy atom. The van der Waals surface area contributed by atoms with E-state index in [2.05, 4.69) is 17.1 Å². The van der Waals surface area contributed by atoms with Crippen LogP contribution >= 0.6 is 0 Å². The smallest absolute Gasteiger partial charge is 0.304 e. The topological polar surface area (TPSA) is 60.9 Å². The van der Waals surface area contributed by atoms with E-state index in [1.54, 1.807) is 0 Å². The van der Waals surface area contributed by atoms with Crippen LogP contribution in [0.1, 0.15) is 19.3 Å². The summed E-state index contributed by atoms with van der Waals surface area (Å²) < 4.78 is 0. The number of carboxylic acid groups (broad SMARTS) is 1. The van der Waals surface area contributed by atoms with Gasteiger partial charge in [0.05, 0.1) is 6.42 Å². The van der Waals surface area contributed by atoms with Gasteiger partial charge in [-0.1, -0.05) is 12.2 Å². The van der Waals surface area contributed by atoms with Gasteiger partial charge in [0, 0.05) is 38.6 Å². The fourth-order valence-electron chi connectivity index (χ4n) is 2.52. The first-order valence-corrected chi connectivity index (χ1v) is 6.55. The summed E-state index contributed by atoms with van der Waals surface area (Å²) in [6.07, 6.45) is 6.08. The van der Waals surface area contributed by atoms with Crippen molar-refractivity contribution in [3.63, 3.8) is 0 Å². The second kappa shape index (κ2) is 6.00. The second-order valence-electron chi connectivity index (χ2n) is 4.95. The number of amides is 1. The zero-order valence-corrected chi connectivity index (χ0v) is 10.5. The number of rotatable bonds is 4. The molecule has 1 saturated heterocycles. The summed E-state index contributed by atoms with van der Waals surface area (Å²) in [5, 5.41) is 8.63. The van der Waals surface area contributed by atoms with E-state index in [-0.39, 0.29) is 18.2 Å². The molecular formula is C13H20N2O3. The standard InChI is InChI=1S/C13H20N2O3/c16-12(17)5-6-14-7-9-15(10-8-14)13(18)11-3-1-2-4-11/h1-2,11H,3-10H2,(H,16,17). The maximum absolute atomic E-state index is 12.1. The van der Waals surface area contributed by atoms with Crippen LogP contribution in [-0.4, -0.2) is 59.5 Å². The van der Waals surface area contributed by atoms with Crippen LogP contribution < -0.4 is 0 Å². The summed E-state index contributed by atoms with van der Waals surface area (Å²) in [6, 6.07) is 0. The molecule has 1 fully saturated rings. The van der Waals surface area contributed by atoms with Crippen molar-refractivity contribution in [3.8, 4) is 0 Å². The zero-order valence-electron chi connectivity index (χ0n) is 10.5. The van der Waals surface area contributed by atoms with Gasteiger partial charge in [-0.2, -0.15) is 0 Å². The van der Waals surface area contributed by atoms with Crippen molar-refractivity contribution in [2.75, 3.05) is 32.7 Å². The van der Waals surface area contributed by atoms with Crippen molar-refractivity contribution in [1.82, 2.24) is 9.80 Å². The largest absolute Gasteiger partial charge is 0.481 e. The van der Waals surface area contributed by atoms with E-state index in [0.717, 1.165) is 39.0 Å². The highest BCUT2D eigenvalue weighted by Crippen LogP contribution is 2.21. The molecule has 1 aliphatic carbocycles. The molecule has 18 heavy (non-hydrogen) atoms. The van der Waals surface area contributed by atoms with Gasteiger partial charge < -0.3 is 10.0 Å². The van der Waals surface area contributed by atoms with E-state index in [4.69, 9.17) is 5.11 Å². The Balaban J connectivity index is 1.72. The van der Waals surface area contributed by atoms with Gasteiger partial charge in [-0.05, 0) is 12.8 Å². The summed E-state index contributed by atoms with van der Waals surface area (Å²) in [5.41, 5.74) is 0. The minimum atomic E-state index is -0.759. The Labute approximate surface area is 107 Å². The van der Waals surface area contributed by atoms with E-state index in [1.165, 1.54) is 0 Å². The zero-order chi connectivity index (χ0) is 13.0. The molecule has 0 unspecified atom stereocenters. The third kappa shape index (κ3) is 3.32. The molecule has 0 aromatic heterocycles. The number of allylic oxidation sites excluding steroid dienone is 2. The molecule has 0 aromatic rings. The molecule has 2 rings (SSSR count). The number of carbonyl (C=O) groups excluding carboxylic acids is 1. The quantitative estimate of drug-likeness (QED) is 0.743. The Morgan fingerprint density at radius 3 is 2.28 bits per heavy atom. The molecular weight excluding hydrogens is 232 g/mol. The Bertz CT molecular complexity index is 338. The monoisotopic (exact) mass is 252 g/mol. The first-order chi connectivity index (χ1) is 8.66. The van der Waals surface area contributed by atoms with Gasteiger partial charge in [-0.15, -0.1) is 0 Å². The highest BCUT2D eigenvalue weighted by atomic mass is 16.4. The molecule has 1 aliphatic heterocycles. The third-order valence-electron chi connectivity index (χ3n) is 3.68. The molecule has 5 nitrogen and oxygen atoms in total. The van der Waals surface area contributed by atoms with E-state index in [1.807, 2.05) is 4.90 Å². The predicted octanol–water partition coefficient (Wildman–Crippen LogP) is 0.571. The number of carboxylic acids is 1. The molecule has 100 valence electrons. The maximum Gasteiger partial charge on any atom is 0.304 e. The van der Waals surface area contributed by atoms with Gasteiger partial charge in [0.15, 0.2) is 0 Å². The van der Waals surface area contributed by atoms with E-state index in [0.29, 0.717) is 6.54 Å². The molecule has 2 aliphatic rings. The normalized spacial score (nSPS) is 21.4. The second-order valence-corrected chi connectivity index (χ2v) is 4.95. The third-order valence-corrected chi connectivity index (χ3v) is 3.68. The van der Waals surface area contributed by atoms with Crippen LogP contribution in [0.3, 0.4) is 0 Å². The minimum Gasteiger partial charge on any atom is -0.481 e. The van der Waals surface area contributed by atoms with Gasteiger partial charge in [0.2, 0.25) is 5.91 Å². The van der Waals surface area contributed by atoms with Gasteiger partial charge in [0.1, 0.15) is 0 Å². The van der Waals surface area contributed by atoms with Crippen LogP contribution in [0.25, 0.3) is 0 Å². The molecule has 0 saturated carbocycles. The summed E-state index contributed by atoms with van der Waals surface area (Å²) >= 11 is 0. The number of nitrogens with zero attached hydrogens (tertiary/aromatic N) is 2. The highest BCUT2D eigenvalue weighted by Gasteiger charge is 2.27. The summed E-state index contributed by atoms with van der Waals surface area (Å²) in [7, 11) is 0. The Kier molecular flexibility index (Phi) is 4.36. The first-order valence-electron chi connectivity index (χ1n) is 6.55. The fraction of sp³-hybridized carbons (Fsp3) is 0.692. The predicted molar refractivity (Wildman–Crippen MR) is 67.1 cm³/mol. The molecule has 5 heteroatoms. The molecule has 0 atom stereocenters. The van der Waals surface area contributed by atoms with Crippen LogP contribution in [-0.2, 0) is 9.59 Å². The van der Waals surface area contributed by atoms with Gasteiger partial charge in [0.25, 0.3) is 0 Å². The molecule has 0 spiro atoms. The molecule has 0 aromatic carbocycles. The number of carbonyl (C=O) groups is 2.